The number of hydrogen-bond acceptors (Lipinski definition) is 4. The van der Waals surface area contributed by atoms with Gasteiger partial charge in [0.1, 0.15) is 11.6 Å². The predicted molar refractivity (Wildman–Crippen MR) is 65.9 cm³/mol. The average Bonchev–Trinajstić information content (AvgIpc) is 2.35. The zero-order chi connectivity index (χ0) is 12.8. The van der Waals surface area contributed by atoms with Crippen LogP contribution in [0.4, 0.5) is 11.4 Å². The molecule has 0 unspecified atom stereocenters. The summed E-state index contributed by atoms with van der Waals surface area (Å²) in [5.74, 6) is 0. The molecular weight excluding hydrogens is 218 g/mol. The number of nitrogens with zero attached hydrogens (tertiary/aromatic N) is 3. The number of nitro benzene ring substituents is 1. The summed E-state index contributed by atoms with van der Waals surface area (Å²) in [4.78, 5) is 12.2. The quantitative estimate of drug-likeness (QED) is 0.443. The van der Waals surface area contributed by atoms with Crippen LogP contribution in [0.15, 0.2) is 30.9 Å². The second kappa shape index (κ2) is 5.66. The van der Waals surface area contributed by atoms with Crippen LogP contribution in [0, 0.1) is 21.4 Å². The summed E-state index contributed by atoms with van der Waals surface area (Å²) in [5.41, 5.74) is 0.638. The number of nitriles is 1. The highest BCUT2D eigenvalue weighted by Crippen LogP contribution is 2.25. The molecule has 0 atom stereocenters. The van der Waals surface area contributed by atoms with E-state index in [1.54, 1.807) is 12.1 Å². The van der Waals surface area contributed by atoms with E-state index >= 15 is 0 Å². The minimum absolute atomic E-state index is 0.0772. The van der Waals surface area contributed by atoms with Crippen LogP contribution in [0.5, 0.6) is 0 Å². The van der Waals surface area contributed by atoms with Crippen molar-refractivity contribution in [2.45, 2.75) is 6.92 Å². The molecule has 0 spiro atoms. The van der Waals surface area contributed by atoms with Crippen molar-refractivity contribution < 1.29 is 4.92 Å². The van der Waals surface area contributed by atoms with Crippen LogP contribution in [0.3, 0.4) is 0 Å². The fraction of sp³-hybridized carbons (Fsp3) is 0.250. The highest BCUT2D eigenvalue weighted by atomic mass is 16.6. The smallest absolute Gasteiger partial charge is 0.289 e. The van der Waals surface area contributed by atoms with Crippen molar-refractivity contribution in [1.29, 1.82) is 5.26 Å². The van der Waals surface area contributed by atoms with Gasteiger partial charge in [0, 0.05) is 24.8 Å². The van der Waals surface area contributed by atoms with Crippen LogP contribution in [-0.4, -0.2) is 18.0 Å². The van der Waals surface area contributed by atoms with Gasteiger partial charge in [0.25, 0.3) is 5.69 Å². The first-order valence-corrected chi connectivity index (χ1v) is 5.18. The van der Waals surface area contributed by atoms with Gasteiger partial charge < -0.3 is 4.90 Å². The van der Waals surface area contributed by atoms with Gasteiger partial charge in [0.05, 0.1) is 4.92 Å². The summed E-state index contributed by atoms with van der Waals surface area (Å²) in [6.45, 7) is 6.92. The van der Waals surface area contributed by atoms with E-state index in [-0.39, 0.29) is 11.3 Å². The molecule has 5 heteroatoms. The predicted octanol–water partition coefficient (Wildman–Crippen LogP) is 2.48. The third-order valence-corrected chi connectivity index (χ3v) is 2.39. The van der Waals surface area contributed by atoms with Crippen molar-refractivity contribution in [3.8, 4) is 6.07 Å². The van der Waals surface area contributed by atoms with Gasteiger partial charge >= 0.3 is 0 Å². The Kier molecular flexibility index (Phi) is 4.23. The molecule has 0 N–H and O–H groups in total. The van der Waals surface area contributed by atoms with Crippen molar-refractivity contribution in [3.05, 3.63) is 46.5 Å². The second-order valence-corrected chi connectivity index (χ2v) is 3.40. The van der Waals surface area contributed by atoms with Crippen LogP contribution in [0.2, 0.25) is 0 Å². The Hall–Kier alpha value is -2.35. The van der Waals surface area contributed by atoms with Crippen LogP contribution < -0.4 is 4.90 Å². The summed E-state index contributed by atoms with van der Waals surface area (Å²) in [6, 6.07) is 6.41. The van der Waals surface area contributed by atoms with E-state index in [4.69, 9.17) is 5.26 Å². The molecule has 0 amide bonds. The molecule has 0 saturated carbocycles. The van der Waals surface area contributed by atoms with Gasteiger partial charge in [-0.2, -0.15) is 5.26 Å². The van der Waals surface area contributed by atoms with Crippen molar-refractivity contribution >= 4 is 11.4 Å². The van der Waals surface area contributed by atoms with E-state index in [2.05, 4.69) is 6.58 Å². The minimum Gasteiger partial charge on any atom is -0.368 e. The van der Waals surface area contributed by atoms with Crippen LogP contribution in [0.1, 0.15) is 12.5 Å². The molecule has 0 fully saturated rings. The number of hydrogen-bond donors (Lipinski definition) is 0. The van der Waals surface area contributed by atoms with Crippen molar-refractivity contribution in [2.24, 2.45) is 0 Å². The summed E-state index contributed by atoms with van der Waals surface area (Å²) in [5, 5.41) is 19.6. The summed E-state index contributed by atoms with van der Waals surface area (Å²) < 4.78 is 0. The van der Waals surface area contributed by atoms with E-state index in [0.29, 0.717) is 6.54 Å². The van der Waals surface area contributed by atoms with Gasteiger partial charge in [-0.05, 0) is 19.1 Å². The van der Waals surface area contributed by atoms with Gasteiger partial charge in [0.2, 0.25) is 0 Å². The highest BCUT2D eigenvalue weighted by molar-refractivity contribution is 5.60. The molecule has 1 aromatic carbocycles. The molecule has 0 aromatic heterocycles. The fourth-order valence-electron chi connectivity index (χ4n) is 1.54. The first kappa shape index (κ1) is 12.7. The summed E-state index contributed by atoms with van der Waals surface area (Å²) in [6.07, 6.45) is 1.73. The van der Waals surface area contributed by atoms with E-state index in [1.807, 2.05) is 17.9 Å². The summed E-state index contributed by atoms with van der Waals surface area (Å²) >= 11 is 0. The molecule has 0 heterocycles. The van der Waals surface area contributed by atoms with Gasteiger partial charge in [-0.15, -0.1) is 6.58 Å². The molecule has 0 bridgehead atoms. The molecule has 0 radical (unpaired) electrons. The van der Waals surface area contributed by atoms with Crippen LogP contribution >= 0.6 is 0 Å². The molecular formula is C12H13N3O2. The Labute approximate surface area is 99.7 Å². The number of likely N-dealkylation sites (N-methyl/N-ethyl adjacent to an activating group) is 1. The molecule has 17 heavy (non-hydrogen) atoms. The molecule has 0 aliphatic carbocycles. The maximum absolute atomic E-state index is 10.8. The number of benzene rings is 1. The van der Waals surface area contributed by atoms with E-state index < -0.39 is 4.92 Å². The lowest BCUT2D eigenvalue weighted by atomic mass is 10.1. The van der Waals surface area contributed by atoms with Gasteiger partial charge in [0.15, 0.2) is 0 Å². The highest BCUT2D eigenvalue weighted by Gasteiger charge is 2.15. The van der Waals surface area contributed by atoms with Gasteiger partial charge in [-0.25, -0.2) is 0 Å². The lowest BCUT2D eigenvalue weighted by molar-refractivity contribution is -0.385. The van der Waals surface area contributed by atoms with Gasteiger partial charge in [-0.3, -0.25) is 10.1 Å². The zero-order valence-electron chi connectivity index (χ0n) is 9.59. The number of nitro groups is 1. The third kappa shape index (κ3) is 2.82. The SMILES string of the molecule is C=CCN(CC)c1ccc(C#N)c([N+](=O)[O-])c1. The molecule has 5 nitrogen and oxygen atoms in total. The minimum atomic E-state index is -0.538. The molecule has 88 valence electrons. The Balaban J connectivity index is 3.20. The Morgan fingerprint density at radius 2 is 2.35 bits per heavy atom. The van der Waals surface area contributed by atoms with Crippen LogP contribution in [0.25, 0.3) is 0 Å². The van der Waals surface area contributed by atoms with Crippen molar-refractivity contribution in [3.63, 3.8) is 0 Å². The first-order valence-electron chi connectivity index (χ1n) is 5.18. The standard InChI is InChI=1S/C12H13N3O2/c1-3-7-14(4-2)11-6-5-10(9-13)12(8-11)15(16)17/h3,5-6,8H,1,4,7H2,2H3. The van der Waals surface area contributed by atoms with Crippen molar-refractivity contribution in [1.82, 2.24) is 0 Å². The number of anilines is 1. The van der Waals surface area contributed by atoms with Crippen molar-refractivity contribution in [2.75, 3.05) is 18.0 Å². The maximum atomic E-state index is 10.8. The topological polar surface area (TPSA) is 70.2 Å². The second-order valence-electron chi connectivity index (χ2n) is 3.40. The molecule has 1 rings (SSSR count). The number of rotatable bonds is 5. The Morgan fingerprint density at radius 1 is 1.65 bits per heavy atom. The van der Waals surface area contributed by atoms with E-state index in [9.17, 15) is 10.1 Å². The molecule has 0 saturated heterocycles. The summed E-state index contributed by atoms with van der Waals surface area (Å²) in [7, 11) is 0. The maximum Gasteiger partial charge on any atom is 0.289 e. The van der Waals surface area contributed by atoms with E-state index in [1.165, 1.54) is 12.1 Å². The van der Waals surface area contributed by atoms with E-state index in [0.717, 1.165) is 12.2 Å². The Bertz CT molecular complexity index is 477. The lowest BCUT2D eigenvalue weighted by Gasteiger charge is -2.20. The largest absolute Gasteiger partial charge is 0.368 e. The molecule has 1 aromatic rings. The monoisotopic (exact) mass is 231 g/mol. The normalized spacial score (nSPS) is 9.41. The molecule has 0 aliphatic rings. The first-order chi connectivity index (χ1) is 8.13. The van der Waals surface area contributed by atoms with Gasteiger partial charge in [-0.1, -0.05) is 6.08 Å². The average molecular weight is 231 g/mol. The Morgan fingerprint density at radius 3 is 2.82 bits per heavy atom. The third-order valence-electron chi connectivity index (χ3n) is 2.39. The fourth-order valence-corrected chi connectivity index (χ4v) is 1.54. The zero-order valence-corrected chi connectivity index (χ0v) is 9.59. The lowest BCUT2D eigenvalue weighted by Crippen LogP contribution is -2.22. The molecule has 0 aliphatic heterocycles. The van der Waals surface area contributed by atoms with Crippen LogP contribution in [-0.2, 0) is 0 Å².